The average molecular weight is 487 g/mol. The zero-order valence-electron chi connectivity index (χ0n) is 19.9. The summed E-state index contributed by atoms with van der Waals surface area (Å²) in [5, 5.41) is 10.3. The molecule has 3 heterocycles. The molecule has 10 heteroatoms. The predicted molar refractivity (Wildman–Crippen MR) is 142 cm³/mol. The SMILES string of the molecule is CN(CCNC(=S)Nc1ccc(F)cc1)CCNc1cc(N2CCCC2)nc(N2CCCC2)n1. The molecule has 0 unspecified atom stereocenters. The molecule has 0 aliphatic carbocycles. The summed E-state index contributed by atoms with van der Waals surface area (Å²) in [5.41, 5.74) is 0.767. The van der Waals surface area contributed by atoms with E-state index in [9.17, 15) is 4.39 Å². The van der Waals surface area contributed by atoms with Crippen LogP contribution in [-0.4, -0.2) is 79.4 Å². The van der Waals surface area contributed by atoms with E-state index in [4.69, 9.17) is 22.2 Å². The van der Waals surface area contributed by atoms with E-state index in [0.717, 1.165) is 75.6 Å². The number of likely N-dealkylation sites (N-methyl/N-ethyl adjacent to an activating group) is 1. The Bertz CT molecular complexity index is 895. The molecule has 2 aliphatic rings. The summed E-state index contributed by atoms with van der Waals surface area (Å²) >= 11 is 5.32. The standard InChI is InChI=1S/C24H35FN8S/c1-31(17-11-27-24(34)28-20-8-6-19(25)7-9-20)16-10-26-21-18-22(32-12-2-3-13-32)30-23(29-21)33-14-4-5-15-33/h6-9,18H,2-5,10-17H2,1H3,(H,26,29,30)(H2,27,28,34). The highest BCUT2D eigenvalue weighted by molar-refractivity contribution is 7.80. The predicted octanol–water partition coefficient (Wildman–Crippen LogP) is 3.15. The molecular weight excluding hydrogens is 451 g/mol. The van der Waals surface area contributed by atoms with Crippen molar-refractivity contribution in [2.45, 2.75) is 25.7 Å². The van der Waals surface area contributed by atoms with E-state index >= 15 is 0 Å². The summed E-state index contributed by atoms with van der Waals surface area (Å²) in [7, 11) is 2.09. The summed E-state index contributed by atoms with van der Waals surface area (Å²) in [6, 6.07) is 8.24. The van der Waals surface area contributed by atoms with Crippen LogP contribution in [0.3, 0.4) is 0 Å². The maximum Gasteiger partial charge on any atom is 0.229 e. The maximum atomic E-state index is 13.0. The second kappa shape index (κ2) is 12.1. The fraction of sp³-hybridized carbons (Fsp3) is 0.542. The minimum Gasteiger partial charge on any atom is -0.369 e. The molecule has 0 bridgehead atoms. The smallest absolute Gasteiger partial charge is 0.229 e. The molecule has 0 atom stereocenters. The zero-order chi connectivity index (χ0) is 23.8. The molecule has 1 aromatic carbocycles. The van der Waals surface area contributed by atoms with E-state index in [1.54, 1.807) is 12.1 Å². The van der Waals surface area contributed by atoms with Gasteiger partial charge in [-0.1, -0.05) is 0 Å². The lowest BCUT2D eigenvalue weighted by Crippen LogP contribution is -2.36. The van der Waals surface area contributed by atoms with Crippen LogP contribution in [0.5, 0.6) is 0 Å². The van der Waals surface area contributed by atoms with Crippen molar-refractivity contribution in [2.75, 3.05) is 79.8 Å². The van der Waals surface area contributed by atoms with Crippen molar-refractivity contribution in [3.05, 3.63) is 36.1 Å². The number of rotatable bonds is 10. The summed E-state index contributed by atoms with van der Waals surface area (Å²) in [6.07, 6.45) is 4.88. The van der Waals surface area contributed by atoms with Crippen molar-refractivity contribution >= 4 is 40.6 Å². The molecular formula is C24H35FN8S. The van der Waals surface area contributed by atoms with Crippen LogP contribution < -0.4 is 25.8 Å². The van der Waals surface area contributed by atoms with Gasteiger partial charge in [-0.3, -0.25) is 0 Å². The normalized spacial score (nSPS) is 15.7. The minimum absolute atomic E-state index is 0.263. The Hall–Kier alpha value is -2.72. The van der Waals surface area contributed by atoms with Gasteiger partial charge in [0.05, 0.1) is 0 Å². The van der Waals surface area contributed by atoms with Gasteiger partial charge in [0.2, 0.25) is 5.95 Å². The van der Waals surface area contributed by atoms with Crippen molar-refractivity contribution in [1.29, 1.82) is 0 Å². The molecule has 2 fully saturated rings. The van der Waals surface area contributed by atoms with Gasteiger partial charge in [-0.25, -0.2) is 4.39 Å². The molecule has 0 saturated carbocycles. The van der Waals surface area contributed by atoms with Gasteiger partial charge < -0.3 is 30.7 Å². The molecule has 4 rings (SSSR count). The van der Waals surface area contributed by atoms with Crippen LogP contribution in [0.2, 0.25) is 0 Å². The number of nitrogens with zero attached hydrogens (tertiary/aromatic N) is 5. The number of thiocarbonyl (C=S) groups is 1. The van der Waals surface area contributed by atoms with Gasteiger partial charge in [0.1, 0.15) is 17.5 Å². The third-order valence-corrected chi connectivity index (χ3v) is 6.45. The topological polar surface area (TPSA) is 71.6 Å². The van der Waals surface area contributed by atoms with Gasteiger partial charge in [-0.2, -0.15) is 9.97 Å². The molecule has 0 radical (unpaired) electrons. The summed E-state index contributed by atoms with van der Waals surface area (Å²) in [5.74, 6) is 2.52. The second-order valence-electron chi connectivity index (χ2n) is 8.92. The number of anilines is 4. The Morgan fingerprint density at radius 1 is 0.971 bits per heavy atom. The molecule has 3 N–H and O–H groups in total. The van der Waals surface area contributed by atoms with Crippen molar-refractivity contribution in [3.63, 3.8) is 0 Å². The van der Waals surface area contributed by atoms with Gasteiger partial charge in [-0.15, -0.1) is 0 Å². The first-order valence-electron chi connectivity index (χ1n) is 12.2. The van der Waals surface area contributed by atoms with Crippen molar-refractivity contribution in [2.24, 2.45) is 0 Å². The molecule has 2 aromatic rings. The lowest BCUT2D eigenvalue weighted by molar-refractivity contribution is 0.352. The van der Waals surface area contributed by atoms with Crippen LogP contribution >= 0.6 is 12.2 Å². The minimum atomic E-state index is -0.263. The molecule has 1 aromatic heterocycles. The van der Waals surface area contributed by atoms with Gasteiger partial charge in [0, 0.05) is 64.1 Å². The van der Waals surface area contributed by atoms with E-state index in [1.165, 1.54) is 37.8 Å². The fourth-order valence-electron chi connectivity index (χ4n) is 4.23. The first-order chi connectivity index (χ1) is 16.6. The lowest BCUT2D eigenvalue weighted by Gasteiger charge is -2.22. The molecule has 0 amide bonds. The molecule has 34 heavy (non-hydrogen) atoms. The lowest BCUT2D eigenvalue weighted by atomic mass is 10.3. The third-order valence-electron chi connectivity index (χ3n) is 6.20. The number of halogens is 1. The van der Waals surface area contributed by atoms with Gasteiger partial charge in [0.25, 0.3) is 0 Å². The molecule has 2 saturated heterocycles. The summed E-state index contributed by atoms with van der Waals surface area (Å²) in [6.45, 7) is 7.46. The monoisotopic (exact) mass is 486 g/mol. The van der Waals surface area contributed by atoms with E-state index in [1.807, 2.05) is 0 Å². The van der Waals surface area contributed by atoms with E-state index < -0.39 is 0 Å². The Balaban J connectivity index is 1.21. The molecule has 8 nitrogen and oxygen atoms in total. The summed E-state index contributed by atoms with van der Waals surface area (Å²) < 4.78 is 13.0. The first kappa shape index (κ1) is 24.4. The van der Waals surface area contributed by atoms with Crippen molar-refractivity contribution in [3.8, 4) is 0 Å². The number of nitrogens with one attached hydrogen (secondary N) is 3. The van der Waals surface area contributed by atoms with Crippen molar-refractivity contribution in [1.82, 2.24) is 20.2 Å². The van der Waals surface area contributed by atoms with E-state index in [0.29, 0.717) is 5.11 Å². The number of aromatic nitrogens is 2. The van der Waals surface area contributed by atoms with E-state index in [-0.39, 0.29) is 5.82 Å². The number of benzene rings is 1. The van der Waals surface area contributed by atoms with Crippen LogP contribution in [0.15, 0.2) is 30.3 Å². The quantitative estimate of drug-likeness (QED) is 0.439. The highest BCUT2D eigenvalue weighted by atomic mass is 32.1. The molecule has 184 valence electrons. The highest BCUT2D eigenvalue weighted by Gasteiger charge is 2.20. The largest absolute Gasteiger partial charge is 0.369 e. The Kier molecular flexibility index (Phi) is 8.70. The Morgan fingerprint density at radius 3 is 2.32 bits per heavy atom. The van der Waals surface area contributed by atoms with Crippen LogP contribution in [0.25, 0.3) is 0 Å². The van der Waals surface area contributed by atoms with Gasteiger partial charge in [0.15, 0.2) is 5.11 Å². The van der Waals surface area contributed by atoms with Crippen molar-refractivity contribution < 1.29 is 4.39 Å². The number of hydrogen-bond donors (Lipinski definition) is 3. The molecule has 0 spiro atoms. The van der Waals surface area contributed by atoms with E-state index in [2.05, 4.69) is 43.8 Å². The Morgan fingerprint density at radius 2 is 1.62 bits per heavy atom. The van der Waals surface area contributed by atoms with Crippen LogP contribution in [0, 0.1) is 5.82 Å². The van der Waals surface area contributed by atoms with Gasteiger partial charge in [-0.05, 0) is 69.2 Å². The first-order valence-corrected chi connectivity index (χ1v) is 12.6. The van der Waals surface area contributed by atoms with Gasteiger partial charge >= 0.3 is 0 Å². The second-order valence-corrected chi connectivity index (χ2v) is 9.33. The maximum absolute atomic E-state index is 13.0. The summed E-state index contributed by atoms with van der Waals surface area (Å²) in [4.78, 5) is 16.6. The zero-order valence-corrected chi connectivity index (χ0v) is 20.7. The third kappa shape index (κ3) is 7.14. The fourth-order valence-corrected chi connectivity index (χ4v) is 4.45. The van der Waals surface area contributed by atoms with Crippen LogP contribution in [-0.2, 0) is 0 Å². The molecule has 2 aliphatic heterocycles. The van der Waals surface area contributed by atoms with Crippen LogP contribution in [0.4, 0.5) is 27.7 Å². The Labute approximate surface area is 206 Å². The van der Waals surface area contributed by atoms with Crippen LogP contribution in [0.1, 0.15) is 25.7 Å². The number of hydrogen-bond acceptors (Lipinski definition) is 7. The highest BCUT2D eigenvalue weighted by Crippen LogP contribution is 2.25. The average Bonchev–Trinajstić information content (AvgIpc) is 3.55.